The van der Waals surface area contributed by atoms with Gasteiger partial charge >= 0.3 is 5.97 Å². The first-order valence-corrected chi connectivity index (χ1v) is 8.85. The minimum absolute atomic E-state index is 0.0750. The number of rotatable bonds is 4. The Hall–Kier alpha value is -2.45. The van der Waals surface area contributed by atoms with E-state index in [9.17, 15) is 14.0 Å². The van der Waals surface area contributed by atoms with Gasteiger partial charge in [-0.3, -0.25) is 9.48 Å². The van der Waals surface area contributed by atoms with Crippen LogP contribution in [0.15, 0.2) is 24.3 Å². The highest BCUT2D eigenvalue weighted by atomic mass is 35.5. The predicted molar refractivity (Wildman–Crippen MR) is 98.2 cm³/mol. The predicted octanol–water partition coefficient (Wildman–Crippen LogP) is 3.92. The second-order valence-corrected chi connectivity index (χ2v) is 7.17. The third-order valence-electron chi connectivity index (χ3n) is 3.74. The van der Waals surface area contributed by atoms with Crippen LogP contribution in [0.3, 0.4) is 0 Å². The number of halogens is 2. The summed E-state index contributed by atoms with van der Waals surface area (Å²) in [5.41, 5.74) is 0.731. The lowest BCUT2D eigenvalue weighted by atomic mass is 10.2. The van der Waals surface area contributed by atoms with Gasteiger partial charge in [-0.25, -0.2) is 9.18 Å². The largest absolute Gasteiger partial charge is 0.448 e. The van der Waals surface area contributed by atoms with Crippen LogP contribution in [0.5, 0.6) is 0 Å². The standard InChI is InChI=1S/C17H15ClFN3O3S/c1-8-11-7-14(26-16(11)22(3)21-8)17(24)25-9(2)15(23)20-13-6-10(18)4-5-12(13)19/h4-7,9H,1-3H3,(H,20,23). The number of fused-ring (bicyclic) bond motifs is 1. The molecule has 0 fully saturated rings. The zero-order valence-corrected chi connectivity index (χ0v) is 15.7. The molecule has 0 saturated carbocycles. The van der Waals surface area contributed by atoms with Gasteiger partial charge in [0.15, 0.2) is 6.10 Å². The van der Waals surface area contributed by atoms with Crippen molar-refractivity contribution in [3.05, 3.63) is 45.7 Å². The molecule has 0 saturated heterocycles. The maximum absolute atomic E-state index is 13.7. The molecular weight excluding hydrogens is 381 g/mol. The molecule has 0 aliphatic carbocycles. The summed E-state index contributed by atoms with van der Waals surface area (Å²) in [6.45, 7) is 3.26. The van der Waals surface area contributed by atoms with Crippen molar-refractivity contribution in [2.45, 2.75) is 20.0 Å². The fraction of sp³-hybridized carbons (Fsp3) is 0.235. The number of aromatic nitrogens is 2. The van der Waals surface area contributed by atoms with E-state index in [0.29, 0.717) is 4.88 Å². The number of hydrogen-bond acceptors (Lipinski definition) is 5. The molecule has 26 heavy (non-hydrogen) atoms. The van der Waals surface area contributed by atoms with Crippen molar-refractivity contribution in [2.24, 2.45) is 7.05 Å². The molecule has 0 aliphatic rings. The zero-order chi connectivity index (χ0) is 19.0. The number of nitrogens with one attached hydrogen (secondary N) is 1. The van der Waals surface area contributed by atoms with E-state index >= 15 is 0 Å². The first kappa shape index (κ1) is 18.3. The molecule has 1 amide bonds. The van der Waals surface area contributed by atoms with Gasteiger partial charge in [0.25, 0.3) is 5.91 Å². The van der Waals surface area contributed by atoms with Crippen LogP contribution >= 0.6 is 22.9 Å². The van der Waals surface area contributed by atoms with Crippen LogP contribution in [-0.4, -0.2) is 27.8 Å². The molecule has 1 atom stereocenters. The first-order chi connectivity index (χ1) is 12.3. The molecule has 2 aromatic heterocycles. The van der Waals surface area contributed by atoms with E-state index in [1.165, 1.54) is 30.4 Å². The van der Waals surface area contributed by atoms with Crippen molar-refractivity contribution in [2.75, 3.05) is 5.32 Å². The van der Waals surface area contributed by atoms with E-state index in [2.05, 4.69) is 10.4 Å². The Labute approximate surface area is 157 Å². The van der Waals surface area contributed by atoms with Gasteiger partial charge in [-0.15, -0.1) is 11.3 Å². The van der Waals surface area contributed by atoms with Gasteiger partial charge in [0, 0.05) is 17.5 Å². The summed E-state index contributed by atoms with van der Waals surface area (Å²) in [5, 5.41) is 7.77. The highest BCUT2D eigenvalue weighted by Gasteiger charge is 2.22. The minimum Gasteiger partial charge on any atom is -0.448 e. The van der Waals surface area contributed by atoms with Crippen LogP contribution in [-0.2, 0) is 16.6 Å². The first-order valence-electron chi connectivity index (χ1n) is 7.66. The van der Waals surface area contributed by atoms with Crippen LogP contribution in [0.25, 0.3) is 10.2 Å². The Balaban J connectivity index is 1.70. The monoisotopic (exact) mass is 395 g/mol. The molecule has 6 nitrogen and oxygen atoms in total. The third-order valence-corrected chi connectivity index (χ3v) is 5.15. The number of carbonyl (C=O) groups is 2. The van der Waals surface area contributed by atoms with Crippen molar-refractivity contribution in [1.82, 2.24) is 9.78 Å². The maximum atomic E-state index is 13.7. The third kappa shape index (κ3) is 3.56. The van der Waals surface area contributed by atoms with Gasteiger partial charge in [0.1, 0.15) is 15.5 Å². The summed E-state index contributed by atoms with van der Waals surface area (Å²) in [7, 11) is 1.79. The average Bonchev–Trinajstić information content (AvgIpc) is 3.13. The van der Waals surface area contributed by atoms with Crippen LogP contribution in [0, 0.1) is 12.7 Å². The van der Waals surface area contributed by atoms with Crippen molar-refractivity contribution >= 4 is 50.7 Å². The quantitative estimate of drug-likeness (QED) is 0.679. The van der Waals surface area contributed by atoms with E-state index < -0.39 is 23.8 Å². The molecule has 0 spiro atoms. The number of hydrogen-bond donors (Lipinski definition) is 1. The molecule has 0 radical (unpaired) electrons. The number of thiophene rings is 1. The van der Waals surface area contributed by atoms with Crippen LogP contribution < -0.4 is 5.32 Å². The normalized spacial score (nSPS) is 12.2. The Morgan fingerprint density at radius 2 is 2.12 bits per heavy atom. The Morgan fingerprint density at radius 3 is 2.81 bits per heavy atom. The van der Waals surface area contributed by atoms with E-state index in [-0.39, 0.29) is 10.7 Å². The molecule has 0 aliphatic heterocycles. The fourth-order valence-electron chi connectivity index (χ4n) is 2.41. The molecule has 1 unspecified atom stereocenters. The van der Waals surface area contributed by atoms with E-state index in [4.69, 9.17) is 16.3 Å². The van der Waals surface area contributed by atoms with Crippen molar-refractivity contribution < 1.29 is 18.7 Å². The number of benzene rings is 1. The lowest BCUT2D eigenvalue weighted by molar-refractivity contribution is -0.123. The number of nitrogens with zero attached hydrogens (tertiary/aromatic N) is 2. The van der Waals surface area contributed by atoms with Crippen LogP contribution in [0.4, 0.5) is 10.1 Å². The zero-order valence-electron chi connectivity index (χ0n) is 14.2. The molecule has 9 heteroatoms. The molecule has 1 N–H and O–H groups in total. The second kappa shape index (κ2) is 7.05. The molecule has 2 heterocycles. The van der Waals surface area contributed by atoms with Crippen LogP contribution in [0.1, 0.15) is 22.3 Å². The molecule has 136 valence electrons. The fourth-order valence-corrected chi connectivity index (χ4v) is 3.58. The average molecular weight is 396 g/mol. The van der Waals surface area contributed by atoms with Crippen molar-refractivity contribution in [1.29, 1.82) is 0 Å². The maximum Gasteiger partial charge on any atom is 0.349 e. The van der Waals surface area contributed by atoms with Crippen LogP contribution in [0.2, 0.25) is 5.02 Å². The Morgan fingerprint density at radius 1 is 1.38 bits per heavy atom. The molecule has 0 bridgehead atoms. The van der Waals surface area contributed by atoms with E-state index in [1.807, 2.05) is 6.92 Å². The highest BCUT2D eigenvalue weighted by molar-refractivity contribution is 7.20. The minimum atomic E-state index is -1.11. The number of aryl methyl sites for hydroxylation is 2. The second-order valence-electron chi connectivity index (χ2n) is 5.70. The van der Waals surface area contributed by atoms with E-state index in [0.717, 1.165) is 22.0 Å². The Bertz CT molecular complexity index is 980. The molecule has 3 aromatic rings. The number of carbonyl (C=O) groups excluding carboxylic acids is 2. The van der Waals surface area contributed by atoms with Gasteiger partial charge < -0.3 is 10.1 Å². The molecule has 1 aromatic carbocycles. The lowest BCUT2D eigenvalue weighted by Crippen LogP contribution is -2.30. The summed E-state index contributed by atoms with van der Waals surface area (Å²) < 4.78 is 20.6. The van der Waals surface area contributed by atoms with Crippen molar-refractivity contribution in [3.63, 3.8) is 0 Å². The van der Waals surface area contributed by atoms with E-state index in [1.54, 1.807) is 17.8 Å². The Kier molecular flexibility index (Phi) is 4.97. The number of esters is 1. The summed E-state index contributed by atoms with van der Waals surface area (Å²) in [4.78, 5) is 25.7. The topological polar surface area (TPSA) is 73.2 Å². The summed E-state index contributed by atoms with van der Waals surface area (Å²) in [5.74, 6) is -1.91. The summed E-state index contributed by atoms with van der Waals surface area (Å²) in [6.07, 6.45) is -1.11. The highest BCUT2D eigenvalue weighted by Crippen LogP contribution is 2.28. The SMILES string of the molecule is Cc1nn(C)c2sc(C(=O)OC(C)C(=O)Nc3cc(Cl)ccc3F)cc12. The summed E-state index contributed by atoms with van der Waals surface area (Å²) in [6, 6.07) is 5.48. The summed E-state index contributed by atoms with van der Waals surface area (Å²) >= 11 is 7.02. The van der Waals surface area contributed by atoms with Crippen molar-refractivity contribution in [3.8, 4) is 0 Å². The lowest BCUT2D eigenvalue weighted by Gasteiger charge is -2.13. The van der Waals surface area contributed by atoms with Gasteiger partial charge in [0.2, 0.25) is 0 Å². The van der Waals surface area contributed by atoms with Gasteiger partial charge in [-0.1, -0.05) is 11.6 Å². The molecular formula is C17H15ClFN3O3S. The number of ether oxygens (including phenoxy) is 1. The van der Waals surface area contributed by atoms with Gasteiger partial charge in [0.05, 0.1) is 11.4 Å². The smallest absolute Gasteiger partial charge is 0.349 e. The van der Waals surface area contributed by atoms with Gasteiger partial charge in [-0.2, -0.15) is 5.10 Å². The molecule has 3 rings (SSSR count). The van der Waals surface area contributed by atoms with Gasteiger partial charge in [-0.05, 0) is 38.1 Å². The number of anilines is 1. The number of amides is 1.